The van der Waals surface area contributed by atoms with Gasteiger partial charge in [0.1, 0.15) is 12.4 Å². The maximum atomic E-state index is 9.15. The Balaban J connectivity index is 0.000000614. The highest BCUT2D eigenvalue weighted by molar-refractivity contribution is 5.62. The van der Waals surface area contributed by atoms with Crippen molar-refractivity contribution >= 4 is 12.1 Å². The van der Waals surface area contributed by atoms with Gasteiger partial charge in [-0.1, -0.05) is 18.2 Å². The van der Waals surface area contributed by atoms with E-state index in [4.69, 9.17) is 14.3 Å². The van der Waals surface area contributed by atoms with Crippen molar-refractivity contribution in [2.75, 3.05) is 19.5 Å². The molecule has 8 heteroatoms. The first kappa shape index (κ1) is 23.7. The van der Waals surface area contributed by atoms with E-state index in [1.807, 2.05) is 54.4 Å². The number of benzene rings is 2. The number of nitrogens with zero attached hydrogens (tertiary/aromatic N) is 1. The second-order valence-electron chi connectivity index (χ2n) is 6.59. The average molecular weight is 424 g/mol. The third-order valence-electron chi connectivity index (χ3n) is 4.60. The first-order valence-electron chi connectivity index (χ1n) is 9.70. The van der Waals surface area contributed by atoms with E-state index in [9.17, 15) is 0 Å². The molecule has 164 valence electrons. The Morgan fingerprint density at radius 1 is 1.06 bits per heavy atom. The number of hydrogen-bond donors (Lipinski definition) is 4. The van der Waals surface area contributed by atoms with Crippen LogP contribution in [0.4, 0.5) is 5.69 Å². The zero-order valence-electron chi connectivity index (χ0n) is 18.2. The van der Waals surface area contributed by atoms with Crippen LogP contribution in [-0.4, -0.2) is 25.6 Å². The molecular weight excluding hydrogens is 394 g/mol. The zero-order valence-corrected chi connectivity index (χ0v) is 18.2. The molecule has 31 heavy (non-hydrogen) atoms. The van der Waals surface area contributed by atoms with E-state index in [0.29, 0.717) is 18.9 Å². The summed E-state index contributed by atoms with van der Waals surface area (Å²) >= 11 is 0. The third kappa shape index (κ3) is 6.70. The minimum absolute atomic E-state index is 0.444. The Kier molecular flexibility index (Phi) is 9.28. The second kappa shape index (κ2) is 12.2. The van der Waals surface area contributed by atoms with E-state index in [-0.39, 0.29) is 0 Å². The summed E-state index contributed by atoms with van der Waals surface area (Å²) in [5.41, 5.74) is 10.3. The Hall–Kier alpha value is -3.62. The number of rotatable bonds is 8. The molecule has 8 nitrogen and oxygen atoms in total. The summed E-state index contributed by atoms with van der Waals surface area (Å²) in [4.78, 5) is 13.6. The molecule has 5 N–H and O–H groups in total. The fourth-order valence-corrected chi connectivity index (χ4v) is 2.97. The number of nitrogens with two attached hydrogens (primary N) is 1. The Labute approximate surface area is 182 Å². The van der Waals surface area contributed by atoms with Gasteiger partial charge < -0.3 is 14.8 Å². The number of nitrogens with one attached hydrogen (secondary N) is 3. The van der Waals surface area contributed by atoms with Crippen molar-refractivity contribution in [2.24, 2.45) is 5.84 Å². The summed E-state index contributed by atoms with van der Waals surface area (Å²) in [6.07, 6.45) is 0.444. The van der Waals surface area contributed by atoms with Gasteiger partial charge in [0.25, 0.3) is 0 Å². The smallest absolute Gasteiger partial charge is 0.222 e. The van der Waals surface area contributed by atoms with Gasteiger partial charge in [-0.15, -0.1) is 0 Å². The van der Waals surface area contributed by atoms with Crippen LogP contribution < -0.4 is 31.6 Å². The van der Waals surface area contributed by atoms with Gasteiger partial charge >= 0.3 is 0 Å². The second-order valence-corrected chi connectivity index (χ2v) is 6.59. The number of carbonyl (C=O) groups is 1. The highest BCUT2D eigenvalue weighted by Crippen LogP contribution is 2.28. The predicted octanol–water partition coefficient (Wildman–Crippen LogP) is 3.11. The molecule has 0 bridgehead atoms. The topological polar surface area (TPSA) is 111 Å². The van der Waals surface area contributed by atoms with Gasteiger partial charge in [0.05, 0.1) is 12.8 Å². The maximum absolute atomic E-state index is 9.15. The van der Waals surface area contributed by atoms with Crippen molar-refractivity contribution in [3.63, 3.8) is 0 Å². The standard InChI is InChI=1S/C22H24N2O2.CH5N3O/c1-15-7-5-9-20(23-3)18(15)14-26-21-12-11-17(13-16(21)2)19-8-6-10-22(24-19)25-4;2-4-3-1-5/h5-13,23H,14H2,1-4H3;1,4H,2H2,(H,3,5). The highest BCUT2D eigenvalue weighted by Gasteiger charge is 2.09. The van der Waals surface area contributed by atoms with Crippen LogP contribution >= 0.6 is 0 Å². The average Bonchev–Trinajstić information content (AvgIpc) is 2.79. The fraction of sp³-hybridized carbons (Fsp3) is 0.217. The lowest BCUT2D eigenvalue weighted by atomic mass is 10.1. The van der Waals surface area contributed by atoms with Crippen LogP contribution in [-0.2, 0) is 11.4 Å². The third-order valence-corrected chi connectivity index (χ3v) is 4.60. The Bertz CT molecular complexity index is 995. The summed E-state index contributed by atoms with van der Waals surface area (Å²) in [5.74, 6) is 6.03. The molecule has 3 rings (SSSR count). The molecule has 0 spiro atoms. The summed E-state index contributed by atoms with van der Waals surface area (Å²) in [7, 11) is 3.55. The molecule has 1 amide bonds. The normalized spacial score (nSPS) is 9.84. The number of pyridine rings is 1. The van der Waals surface area contributed by atoms with Crippen molar-refractivity contribution in [1.82, 2.24) is 15.9 Å². The number of amides is 1. The summed E-state index contributed by atoms with van der Waals surface area (Å²) in [6.45, 7) is 4.68. The minimum Gasteiger partial charge on any atom is -0.489 e. The molecule has 0 aliphatic carbocycles. The molecule has 3 aromatic rings. The van der Waals surface area contributed by atoms with Crippen molar-refractivity contribution in [2.45, 2.75) is 20.5 Å². The molecule has 0 aliphatic rings. The largest absolute Gasteiger partial charge is 0.489 e. The molecule has 1 aromatic heterocycles. The number of hydrazine groups is 2. The number of hydrogen-bond acceptors (Lipinski definition) is 7. The highest BCUT2D eigenvalue weighted by atomic mass is 16.5. The molecular formula is C23H29N5O3. The van der Waals surface area contributed by atoms with Crippen LogP contribution in [0.1, 0.15) is 16.7 Å². The van der Waals surface area contributed by atoms with Gasteiger partial charge in [0.2, 0.25) is 12.3 Å². The summed E-state index contributed by atoms with van der Waals surface area (Å²) in [5, 5.41) is 3.23. The van der Waals surface area contributed by atoms with E-state index in [2.05, 4.69) is 48.2 Å². The van der Waals surface area contributed by atoms with E-state index in [1.54, 1.807) is 7.11 Å². The number of anilines is 1. The first-order chi connectivity index (χ1) is 15.0. The van der Waals surface area contributed by atoms with E-state index in [0.717, 1.165) is 28.3 Å². The van der Waals surface area contributed by atoms with Crippen LogP contribution in [0.2, 0.25) is 0 Å². The summed E-state index contributed by atoms with van der Waals surface area (Å²) < 4.78 is 11.3. The van der Waals surface area contributed by atoms with Crippen LogP contribution in [0, 0.1) is 13.8 Å². The molecule has 0 unspecified atom stereocenters. The van der Waals surface area contributed by atoms with Gasteiger partial charge in [-0.3, -0.25) is 16.1 Å². The van der Waals surface area contributed by atoms with E-state index < -0.39 is 0 Å². The number of ether oxygens (including phenoxy) is 2. The number of carbonyl (C=O) groups excluding carboxylic acids is 1. The lowest BCUT2D eigenvalue weighted by molar-refractivity contribution is -0.110. The van der Waals surface area contributed by atoms with Crippen molar-refractivity contribution < 1.29 is 14.3 Å². The van der Waals surface area contributed by atoms with Crippen molar-refractivity contribution in [3.05, 3.63) is 71.3 Å². The van der Waals surface area contributed by atoms with Crippen LogP contribution in [0.5, 0.6) is 11.6 Å². The predicted molar refractivity (Wildman–Crippen MR) is 123 cm³/mol. The molecule has 0 saturated carbocycles. The van der Waals surface area contributed by atoms with Gasteiger partial charge in [0, 0.05) is 29.9 Å². The molecule has 0 radical (unpaired) electrons. The van der Waals surface area contributed by atoms with Crippen molar-refractivity contribution in [3.8, 4) is 22.9 Å². The lowest BCUT2D eigenvalue weighted by Gasteiger charge is -2.15. The van der Waals surface area contributed by atoms with Gasteiger partial charge in [0.15, 0.2) is 0 Å². The first-order valence-corrected chi connectivity index (χ1v) is 9.70. The van der Waals surface area contributed by atoms with Gasteiger partial charge in [-0.25, -0.2) is 4.98 Å². The monoisotopic (exact) mass is 423 g/mol. The number of methoxy groups -OCH3 is 1. The fourth-order valence-electron chi connectivity index (χ4n) is 2.97. The quantitative estimate of drug-likeness (QED) is 0.250. The molecule has 0 fully saturated rings. The van der Waals surface area contributed by atoms with Crippen molar-refractivity contribution in [1.29, 1.82) is 0 Å². The van der Waals surface area contributed by atoms with Gasteiger partial charge in [-0.05, 0) is 55.3 Å². The SMILES string of the molecule is CNc1cccc(C)c1COc1ccc(-c2cccc(OC)n2)cc1C.NNNC=O. The Morgan fingerprint density at radius 3 is 2.45 bits per heavy atom. The number of aryl methyl sites for hydroxylation is 2. The number of aromatic nitrogens is 1. The lowest BCUT2D eigenvalue weighted by Crippen LogP contribution is -2.36. The maximum Gasteiger partial charge on any atom is 0.222 e. The minimum atomic E-state index is 0.444. The van der Waals surface area contributed by atoms with Crippen LogP contribution in [0.15, 0.2) is 54.6 Å². The molecule has 0 saturated heterocycles. The molecule has 0 atom stereocenters. The van der Waals surface area contributed by atoms with Crippen LogP contribution in [0.25, 0.3) is 11.3 Å². The van der Waals surface area contributed by atoms with E-state index in [1.165, 1.54) is 11.1 Å². The summed E-state index contributed by atoms with van der Waals surface area (Å²) in [6, 6.07) is 18.1. The zero-order chi connectivity index (χ0) is 22.6. The van der Waals surface area contributed by atoms with E-state index >= 15 is 0 Å². The molecule has 2 aromatic carbocycles. The Morgan fingerprint density at radius 2 is 1.84 bits per heavy atom. The molecule has 1 heterocycles. The van der Waals surface area contributed by atoms with Crippen LogP contribution in [0.3, 0.4) is 0 Å². The van der Waals surface area contributed by atoms with Gasteiger partial charge in [-0.2, -0.15) is 5.53 Å². The molecule has 0 aliphatic heterocycles.